The Balaban J connectivity index is 1.73. The van der Waals surface area contributed by atoms with Gasteiger partial charge in [-0.3, -0.25) is 4.90 Å². The number of aryl methyl sites for hydroxylation is 1. The van der Waals surface area contributed by atoms with Gasteiger partial charge in [0.25, 0.3) is 0 Å². The second kappa shape index (κ2) is 6.78. The van der Waals surface area contributed by atoms with Crippen molar-refractivity contribution in [3.8, 4) is 5.75 Å². The Bertz CT molecular complexity index is 524. The van der Waals surface area contributed by atoms with Crippen molar-refractivity contribution in [3.63, 3.8) is 0 Å². The molecule has 0 atom stereocenters. The summed E-state index contributed by atoms with van der Waals surface area (Å²) in [5, 5.41) is 0. The number of ether oxygens (including phenoxy) is 1. The molecule has 0 aliphatic rings. The lowest BCUT2D eigenvalue weighted by Crippen LogP contribution is -2.23. The summed E-state index contributed by atoms with van der Waals surface area (Å²) in [6.07, 6.45) is 0. The molecular weight excluding hydrogens is 306 g/mol. The lowest BCUT2D eigenvalue weighted by Gasteiger charge is -2.15. The van der Waals surface area contributed by atoms with Crippen LogP contribution in [0.15, 0.2) is 45.3 Å². The smallest absolute Gasteiger partial charge is 0.120 e. The molecule has 1 aromatic carbocycles. The number of halogens is 1. The highest BCUT2D eigenvalue weighted by Gasteiger charge is 2.04. The Morgan fingerprint density at radius 3 is 2.79 bits per heavy atom. The van der Waals surface area contributed by atoms with Crippen LogP contribution in [0, 0.1) is 6.92 Å². The minimum Gasteiger partial charge on any atom is -0.492 e. The van der Waals surface area contributed by atoms with E-state index in [0.717, 1.165) is 34.8 Å². The summed E-state index contributed by atoms with van der Waals surface area (Å²) in [4.78, 5) is 2.18. The highest BCUT2D eigenvalue weighted by Crippen LogP contribution is 2.17. The van der Waals surface area contributed by atoms with Crippen molar-refractivity contribution >= 4 is 15.9 Å². The fourth-order valence-corrected chi connectivity index (χ4v) is 2.17. The van der Waals surface area contributed by atoms with E-state index in [0.29, 0.717) is 6.61 Å². The lowest BCUT2D eigenvalue weighted by molar-refractivity contribution is 0.221. The average Bonchev–Trinajstić information content (AvgIpc) is 2.75. The molecule has 3 nitrogen and oxygen atoms in total. The van der Waals surface area contributed by atoms with Gasteiger partial charge in [0.15, 0.2) is 0 Å². The maximum atomic E-state index is 5.70. The fourth-order valence-electron chi connectivity index (χ4n) is 1.79. The molecular formula is C15H18BrNO2. The highest BCUT2D eigenvalue weighted by molar-refractivity contribution is 9.10. The molecule has 0 N–H and O–H groups in total. The van der Waals surface area contributed by atoms with Crippen LogP contribution in [0.4, 0.5) is 0 Å². The summed E-state index contributed by atoms with van der Waals surface area (Å²) in [6.45, 7) is 4.27. The third-order valence-electron chi connectivity index (χ3n) is 2.76. The first-order valence-corrected chi connectivity index (χ1v) is 7.05. The topological polar surface area (TPSA) is 25.6 Å². The Morgan fingerprint density at radius 2 is 2.11 bits per heavy atom. The van der Waals surface area contributed by atoms with Gasteiger partial charge < -0.3 is 9.15 Å². The van der Waals surface area contributed by atoms with Gasteiger partial charge in [-0.1, -0.05) is 22.0 Å². The highest BCUT2D eigenvalue weighted by atomic mass is 79.9. The predicted octanol–water partition coefficient (Wildman–Crippen LogP) is 3.86. The largest absolute Gasteiger partial charge is 0.492 e. The molecule has 19 heavy (non-hydrogen) atoms. The number of rotatable bonds is 6. The zero-order valence-corrected chi connectivity index (χ0v) is 12.8. The monoisotopic (exact) mass is 323 g/mol. The molecule has 0 saturated carbocycles. The number of hydrogen-bond donors (Lipinski definition) is 0. The minimum absolute atomic E-state index is 0.659. The molecule has 2 aromatic rings. The number of furan rings is 1. The van der Waals surface area contributed by atoms with E-state index in [1.54, 1.807) is 0 Å². The molecule has 4 heteroatoms. The summed E-state index contributed by atoms with van der Waals surface area (Å²) in [5.41, 5.74) is 0. The quantitative estimate of drug-likeness (QED) is 0.807. The van der Waals surface area contributed by atoms with Gasteiger partial charge in [0.05, 0.1) is 6.54 Å². The van der Waals surface area contributed by atoms with E-state index in [-0.39, 0.29) is 0 Å². The standard InChI is InChI=1S/C15H18BrNO2/c1-12-6-7-15(19-12)11-17(2)8-9-18-14-5-3-4-13(16)10-14/h3-7,10H,8-9,11H2,1-2H3. The summed E-state index contributed by atoms with van der Waals surface area (Å²) in [5.74, 6) is 2.83. The van der Waals surface area contributed by atoms with Crippen molar-refractivity contribution in [1.82, 2.24) is 4.90 Å². The molecule has 0 unspecified atom stereocenters. The molecule has 0 spiro atoms. The van der Waals surface area contributed by atoms with E-state index in [9.17, 15) is 0 Å². The molecule has 2 rings (SSSR count). The van der Waals surface area contributed by atoms with Crippen LogP contribution in [0.5, 0.6) is 5.75 Å². The Hall–Kier alpha value is -1.26. The molecule has 0 saturated heterocycles. The van der Waals surface area contributed by atoms with Crippen LogP contribution in [0.25, 0.3) is 0 Å². The molecule has 0 bridgehead atoms. The van der Waals surface area contributed by atoms with Crippen molar-refractivity contribution in [2.45, 2.75) is 13.5 Å². The van der Waals surface area contributed by atoms with E-state index in [4.69, 9.17) is 9.15 Å². The van der Waals surface area contributed by atoms with Crippen molar-refractivity contribution < 1.29 is 9.15 Å². The summed E-state index contributed by atoms with van der Waals surface area (Å²) in [7, 11) is 2.06. The van der Waals surface area contributed by atoms with Crippen LogP contribution in [0.2, 0.25) is 0 Å². The van der Waals surface area contributed by atoms with E-state index >= 15 is 0 Å². The summed E-state index contributed by atoms with van der Waals surface area (Å²) >= 11 is 3.43. The molecule has 0 fully saturated rings. The molecule has 102 valence electrons. The number of nitrogens with zero attached hydrogens (tertiary/aromatic N) is 1. The first-order chi connectivity index (χ1) is 9.13. The molecule has 0 aliphatic carbocycles. The second-order valence-corrected chi connectivity index (χ2v) is 5.47. The van der Waals surface area contributed by atoms with Gasteiger partial charge in [-0.2, -0.15) is 0 Å². The zero-order valence-electron chi connectivity index (χ0n) is 11.2. The van der Waals surface area contributed by atoms with Crippen LogP contribution < -0.4 is 4.74 Å². The number of benzene rings is 1. The fraction of sp³-hybridized carbons (Fsp3) is 0.333. The molecule has 1 heterocycles. The third kappa shape index (κ3) is 4.73. The van der Waals surface area contributed by atoms with Gasteiger partial charge >= 0.3 is 0 Å². The maximum Gasteiger partial charge on any atom is 0.120 e. The Labute approximate surface area is 122 Å². The normalized spacial score (nSPS) is 10.9. The summed E-state index contributed by atoms with van der Waals surface area (Å²) in [6, 6.07) is 11.9. The third-order valence-corrected chi connectivity index (χ3v) is 3.25. The van der Waals surface area contributed by atoms with E-state index in [2.05, 4.69) is 27.9 Å². The van der Waals surface area contributed by atoms with Crippen molar-refractivity contribution in [1.29, 1.82) is 0 Å². The number of hydrogen-bond acceptors (Lipinski definition) is 3. The van der Waals surface area contributed by atoms with E-state index in [1.165, 1.54) is 0 Å². The van der Waals surface area contributed by atoms with Crippen LogP contribution in [0.3, 0.4) is 0 Å². The van der Waals surface area contributed by atoms with E-state index in [1.807, 2.05) is 43.3 Å². The van der Waals surface area contributed by atoms with Crippen LogP contribution >= 0.6 is 15.9 Å². The average molecular weight is 324 g/mol. The van der Waals surface area contributed by atoms with Gasteiger partial charge in [-0.05, 0) is 44.3 Å². The number of likely N-dealkylation sites (N-methyl/N-ethyl adjacent to an activating group) is 1. The Morgan fingerprint density at radius 1 is 1.26 bits per heavy atom. The lowest BCUT2D eigenvalue weighted by atomic mass is 10.3. The molecule has 0 amide bonds. The Kier molecular flexibility index (Phi) is 5.05. The van der Waals surface area contributed by atoms with Crippen molar-refractivity contribution in [3.05, 3.63) is 52.4 Å². The van der Waals surface area contributed by atoms with Crippen molar-refractivity contribution in [2.75, 3.05) is 20.2 Å². The van der Waals surface area contributed by atoms with Gasteiger partial charge in [-0.15, -0.1) is 0 Å². The zero-order chi connectivity index (χ0) is 13.7. The van der Waals surface area contributed by atoms with E-state index < -0.39 is 0 Å². The van der Waals surface area contributed by atoms with Gasteiger partial charge in [0.2, 0.25) is 0 Å². The maximum absolute atomic E-state index is 5.70. The molecule has 0 aliphatic heterocycles. The van der Waals surface area contributed by atoms with Gasteiger partial charge in [0.1, 0.15) is 23.9 Å². The van der Waals surface area contributed by atoms with Crippen LogP contribution in [0.1, 0.15) is 11.5 Å². The molecule has 0 radical (unpaired) electrons. The SMILES string of the molecule is Cc1ccc(CN(C)CCOc2cccc(Br)c2)o1. The van der Waals surface area contributed by atoms with Crippen LogP contribution in [-0.2, 0) is 6.54 Å². The van der Waals surface area contributed by atoms with Crippen LogP contribution in [-0.4, -0.2) is 25.1 Å². The molecule has 1 aromatic heterocycles. The first-order valence-electron chi connectivity index (χ1n) is 6.26. The summed E-state index contributed by atoms with van der Waals surface area (Å²) < 4.78 is 12.3. The first kappa shape index (κ1) is 14.2. The van der Waals surface area contributed by atoms with Gasteiger partial charge in [-0.25, -0.2) is 0 Å². The predicted molar refractivity (Wildman–Crippen MR) is 79.4 cm³/mol. The van der Waals surface area contributed by atoms with Gasteiger partial charge in [0, 0.05) is 11.0 Å². The minimum atomic E-state index is 0.659. The second-order valence-electron chi connectivity index (χ2n) is 4.56. The van der Waals surface area contributed by atoms with Crippen molar-refractivity contribution in [2.24, 2.45) is 0 Å².